The van der Waals surface area contributed by atoms with Gasteiger partial charge in [0.15, 0.2) is 5.16 Å². The zero-order valence-electron chi connectivity index (χ0n) is 18.3. The van der Waals surface area contributed by atoms with Gasteiger partial charge in [0.1, 0.15) is 0 Å². The Kier molecular flexibility index (Phi) is 6.70. The molecular formula is C26H23N3O3S. The summed E-state index contributed by atoms with van der Waals surface area (Å²) >= 11 is 1.12. The van der Waals surface area contributed by atoms with Gasteiger partial charge in [0, 0.05) is 5.56 Å². The minimum absolute atomic E-state index is 0.0623. The quantitative estimate of drug-likeness (QED) is 0.339. The molecular weight excluding hydrogens is 434 g/mol. The van der Waals surface area contributed by atoms with Crippen LogP contribution in [0.5, 0.6) is 0 Å². The van der Waals surface area contributed by atoms with Crippen molar-refractivity contribution in [2.75, 3.05) is 5.75 Å². The zero-order chi connectivity index (χ0) is 23.4. The van der Waals surface area contributed by atoms with Crippen LogP contribution in [-0.2, 0) is 4.79 Å². The van der Waals surface area contributed by atoms with E-state index < -0.39 is 11.8 Å². The van der Waals surface area contributed by atoms with Crippen LogP contribution in [0.2, 0.25) is 0 Å². The summed E-state index contributed by atoms with van der Waals surface area (Å²) in [5.41, 5.74) is 2.50. The number of fused-ring (bicyclic) bond motifs is 1. The van der Waals surface area contributed by atoms with E-state index in [-0.39, 0.29) is 17.2 Å². The predicted molar refractivity (Wildman–Crippen MR) is 131 cm³/mol. The number of carbonyl (C=O) groups excluding carboxylic acids is 2. The van der Waals surface area contributed by atoms with E-state index in [0.717, 1.165) is 23.0 Å². The number of amides is 2. The van der Waals surface area contributed by atoms with Gasteiger partial charge in [-0.3, -0.25) is 24.3 Å². The highest BCUT2D eigenvalue weighted by atomic mass is 32.2. The lowest BCUT2D eigenvalue weighted by molar-refractivity contribution is -0.117. The number of nitrogens with zero attached hydrogens (tertiary/aromatic N) is 2. The van der Waals surface area contributed by atoms with E-state index in [1.165, 1.54) is 0 Å². The van der Waals surface area contributed by atoms with Crippen LogP contribution < -0.4 is 10.9 Å². The van der Waals surface area contributed by atoms with Crippen molar-refractivity contribution in [3.8, 4) is 5.69 Å². The van der Waals surface area contributed by atoms with E-state index in [2.05, 4.69) is 24.1 Å². The van der Waals surface area contributed by atoms with Gasteiger partial charge in [0.2, 0.25) is 5.91 Å². The Hall–Kier alpha value is -3.71. The Morgan fingerprint density at radius 3 is 2.36 bits per heavy atom. The molecule has 166 valence electrons. The first-order valence-corrected chi connectivity index (χ1v) is 11.6. The summed E-state index contributed by atoms with van der Waals surface area (Å²) in [5.74, 6) is -0.799. The Balaban J connectivity index is 1.69. The summed E-state index contributed by atoms with van der Waals surface area (Å²) in [6.07, 6.45) is 0. The number of carbonyl (C=O) groups is 2. The molecule has 0 aliphatic heterocycles. The number of para-hydroxylation sites is 2. The number of benzene rings is 3. The SMILES string of the molecule is CC(C)c1ccccc1-n1c(SCC(=O)NC(=O)c2ccccc2)nc2ccccc2c1=O. The molecule has 4 rings (SSSR count). The largest absolute Gasteiger partial charge is 0.292 e. The first-order valence-electron chi connectivity index (χ1n) is 10.6. The van der Waals surface area contributed by atoms with Crippen LogP contribution >= 0.6 is 11.8 Å². The molecule has 0 aliphatic carbocycles. The first-order chi connectivity index (χ1) is 16.0. The average Bonchev–Trinajstić information content (AvgIpc) is 2.83. The smallest absolute Gasteiger partial charge is 0.266 e. The minimum Gasteiger partial charge on any atom is -0.292 e. The van der Waals surface area contributed by atoms with Crippen molar-refractivity contribution in [2.24, 2.45) is 0 Å². The van der Waals surface area contributed by atoms with Crippen molar-refractivity contribution >= 4 is 34.5 Å². The molecule has 0 bridgehead atoms. The summed E-state index contributed by atoms with van der Waals surface area (Å²) in [6.45, 7) is 4.13. The van der Waals surface area contributed by atoms with Crippen molar-refractivity contribution in [1.82, 2.24) is 14.9 Å². The lowest BCUT2D eigenvalue weighted by atomic mass is 10.0. The minimum atomic E-state index is -0.463. The second-order valence-corrected chi connectivity index (χ2v) is 8.74. The van der Waals surface area contributed by atoms with E-state index in [4.69, 9.17) is 0 Å². The molecule has 0 unspecified atom stereocenters. The third-order valence-electron chi connectivity index (χ3n) is 5.17. The average molecular weight is 458 g/mol. The van der Waals surface area contributed by atoms with Gasteiger partial charge in [-0.2, -0.15) is 0 Å². The Morgan fingerprint density at radius 2 is 1.61 bits per heavy atom. The number of rotatable bonds is 6. The molecule has 6 nitrogen and oxygen atoms in total. The molecule has 0 saturated carbocycles. The van der Waals surface area contributed by atoms with Gasteiger partial charge in [-0.15, -0.1) is 0 Å². The van der Waals surface area contributed by atoms with Gasteiger partial charge in [-0.25, -0.2) is 4.98 Å². The number of nitrogens with one attached hydrogen (secondary N) is 1. The van der Waals surface area contributed by atoms with Crippen molar-refractivity contribution in [3.05, 3.63) is 100 Å². The monoisotopic (exact) mass is 457 g/mol. The highest BCUT2D eigenvalue weighted by Gasteiger charge is 2.18. The Bertz CT molecular complexity index is 1380. The van der Waals surface area contributed by atoms with Crippen LogP contribution in [0.4, 0.5) is 0 Å². The fraction of sp³-hybridized carbons (Fsp3) is 0.154. The Labute approximate surface area is 195 Å². The molecule has 4 aromatic rings. The van der Waals surface area contributed by atoms with Gasteiger partial charge in [0.05, 0.1) is 22.3 Å². The van der Waals surface area contributed by atoms with Crippen molar-refractivity contribution in [3.63, 3.8) is 0 Å². The first kappa shape index (κ1) is 22.5. The van der Waals surface area contributed by atoms with E-state index in [9.17, 15) is 14.4 Å². The molecule has 0 fully saturated rings. The maximum Gasteiger partial charge on any atom is 0.266 e. The fourth-order valence-electron chi connectivity index (χ4n) is 3.56. The highest BCUT2D eigenvalue weighted by molar-refractivity contribution is 7.99. The molecule has 1 heterocycles. The molecule has 0 saturated heterocycles. The summed E-state index contributed by atoms with van der Waals surface area (Å²) in [6, 6.07) is 23.4. The number of hydrogen-bond acceptors (Lipinski definition) is 5. The van der Waals surface area contributed by atoms with E-state index >= 15 is 0 Å². The topological polar surface area (TPSA) is 81.1 Å². The number of hydrogen-bond donors (Lipinski definition) is 1. The Morgan fingerprint density at radius 1 is 0.939 bits per heavy atom. The number of imide groups is 1. The molecule has 0 atom stereocenters. The summed E-state index contributed by atoms with van der Waals surface area (Å²) in [4.78, 5) is 43.0. The lowest BCUT2D eigenvalue weighted by Crippen LogP contribution is -2.32. The molecule has 0 aliphatic rings. The standard InChI is InChI=1S/C26H23N3O3S/c1-17(2)19-12-7-9-15-22(19)29-25(32)20-13-6-8-14-21(20)27-26(29)33-16-23(30)28-24(31)18-10-4-3-5-11-18/h3-15,17H,16H2,1-2H3,(H,28,30,31). The van der Waals surface area contributed by atoms with E-state index in [0.29, 0.717) is 21.6 Å². The van der Waals surface area contributed by atoms with Gasteiger partial charge < -0.3 is 0 Å². The van der Waals surface area contributed by atoms with Crippen LogP contribution in [0.1, 0.15) is 35.7 Å². The van der Waals surface area contributed by atoms with Crippen molar-refractivity contribution in [2.45, 2.75) is 24.9 Å². The van der Waals surface area contributed by atoms with Gasteiger partial charge in [-0.05, 0) is 41.8 Å². The van der Waals surface area contributed by atoms with E-state index in [1.54, 1.807) is 53.1 Å². The molecule has 3 aromatic carbocycles. The molecule has 0 spiro atoms. The van der Waals surface area contributed by atoms with Crippen LogP contribution in [0.15, 0.2) is 88.8 Å². The fourth-order valence-corrected chi connectivity index (χ4v) is 4.36. The molecule has 0 radical (unpaired) electrons. The van der Waals surface area contributed by atoms with Crippen LogP contribution in [0.25, 0.3) is 16.6 Å². The predicted octanol–water partition coefficient (Wildman–Crippen LogP) is 4.56. The highest BCUT2D eigenvalue weighted by Crippen LogP contribution is 2.27. The number of aromatic nitrogens is 2. The summed E-state index contributed by atoms with van der Waals surface area (Å²) < 4.78 is 1.56. The van der Waals surface area contributed by atoms with Crippen molar-refractivity contribution in [1.29, 1.82) is 0 Å². The van der Waals surface area contributed by atoms with Gasteiger partial charge in [-0.1, -0.05) is 74.1 Å². The zero-order valence-corrected chi connectivity index (χ0v) is 19.1. The van der Waals surface area contributed by atoms with Crippen molar-refractivity contribution < 1.29 is 9.59 Å². The normalized spacial score (nSPS) is 11.0. The van der Waals surface area contributed by atoms with Crippen LogP contribution in [-0.4, -0.2) is 27.1 Å². The maximum absolute atomic E-state index is 13.5. The van der Waals surface area contributed by atoms with Gasteiger partial charge >= 0.3 is 0 Å². The van der Waals surface area contributed by atoms with Crippen LogP contribution in [0, 0.1) is 0 Å². The maximum atomic E-state index is 13.5. The molecule has 2 amide bonds. The second-order valence-electron chi connectivity index (χ2n) is 7.80. The molecule has 7 heteroatoms. The lowest BCUT2D eigenvalue weighted by Gasteiger charge is -2.18. The summed E-state index contributed by atoms with van der Waals surface area (Å²) in [5, 5.41) is 3.29. The van der Waals surface area contributed by atoms with Crippen LogP contribution in [0.3, 0.4) is 0 Å². The molecule has 1 N–H and O–H groups in total. The third-order valence-corrected chi connectivity index (χ3v) is 6.10. The van der Waals surface area contributed by atoms with Gasteiger partial charge in [0.25, 0.3) is 11.5 Å². The molecule has 33 heavy (non-hydrogen) atoms. The number of thioether (sulfide) groups is 1. The molecule has 1 aromatic heterocycles. The summed E-state index contributed by atoms with van der Waals surface area (Å²) in [7, 11) is 0. The second kappa shape index (κ2) is 9.83. The van der Waals surface area contributed by atoms with E-state index in [1.807, 2.05) is 30.3 Å². The third kappa shape index (κ3) is 4.88.